The fourth-order valence-electron chi connectivity index (χ4n) is 2.29. The molecule has 1 rings (SSSR count). The Kier molecular flexibility index (Phi) is 6.21. The lowest BCUT2D eigenvalue weighted by Crippen LogP contribution is -2.44. The Morgan fingerprint density at radius 2 is 1.95 bits per heavy atom. The van der Waals surface area contributed by atoms with Gasteiger partial charge in [-0.3, -0.25) is 4.79 Å². The number of aryl methyl sites for hydroxylation is 2. The minimum Gasteiger partial charge on any atom is -0.353 e. The molecule has 0 saturated heterocycles. The predicted octanol–water partition coefficient (Wildman–Crippen LogP) is 2.81. The number of nitrogens with two attached hydrogens (primary N) is 1. The highest BCUT2D eigenvalue weighted by atomic mass is 16.1. The molecule has 0 aliphatic heterocycles. The summed E-state index contributed by atoms with van der Waals surface area (Å²) in [6, 6.07) is 8.35. The quantitative estimate of drug-likeness (QED) is 0.839. The first-order valence-electron chi connectivity index (χ1n) is 7.38. The summed E-state index contributed by atoms with van der Waals surface area (Å²) in [5.74, 6) is 0.113. The van der Waals surface area contributed by atoms with Crippen molar-refractivity contribution >= 4 is 5.91 Å². The van der Waals surface area contributed by atoms with Gasteiger partial charge < -0.3 is 11.1 Å². The third-order valence-electron chi connectivity index (χ3n) is 3.72. The number of benzene rings is 1. The van der Waals surface area contributed by atoms with Crippen LogP contribution in [0.2, 0.25) is 0 Å². The number of carbonyl (C=O) groups is 1. The maximum absolute atomic E-state index is 12.1. The van der Waals surface area contributed by atoms with E-state index < -0.39 is 0 Å². The van der Waals surface area contributed by atoms with E-state index in [2.05, 4.69) is 45.1 Å². The second kappa shape index (κ2) is 7.44. The molecule has 0 spiro atoms. The molecule has 0 bridgehead atoms. The molecule has 1 atom stereocenters. The van der Waals surface area contributed by atoms with Crippen LogP contribution in [-0.2, 0) is 11.2 Å². The van der Waals surface area contributed by atoms with Gasteiger partial charge in [0.25, 0.3) is 0 Å². The van der Waals surface area contributed by atoms with Crippen LogP contribution in [0.4, 0.5) is 0 Å². The van der Waals surface area contributed by atoms with Gasteiger partial charge in [-0.1, -0.05) is 45.0 Å². The van der Waals surface area contributed by atoms with Crippen molar-refractivity contribution in [1.29, 1.82) is 0 Å². The van der Waals surface area contributed by atoms with Gasteiger partial charge in [0, 0.05) is 12.5 Å². The Hall–Kier alpha value is -1.35. The Morgan fingerprint density at radius 1 is 1.30 bits per heavy atom. The van der Waals surface area contributed by atoms with Crippen molar-refractivity contribution in [2.45, 2.75) is 53.0 Å². The number of hydrogen-bond acceptors (Lipinski definition) is 2. The fraction of sp³-hybridized carbons (Fsp3) is 0.588. The lowest BCUT2D eigenvalue weighted by Gasteiger charge is -2.31. The average molecular weight is 276 g/mol. The molecule has 0 aromatic heterocycles. The van der Waals surface area contributed by atoms with Gasteiger partial charge in [0.1, 0.15) is 0 Å². The van der Waals surface area contributed by atoms with Crippen LogP contribution in [0.3, 0.4) is 0 Å². The molecular formula is C17H28N2O. The highest BCUT2D eigenvalue weighted by Gasteiger charge is 2.25. The molecule has 3 heteroatoms. The molecule has 112 valence electrons. The summed E-state index contributed by atoms with van der Waals surface area (Å²) in [4.78, 5) is 12.1. The molecule has 1 amide bonds. The largest absolute Gasteiger partial charge is 0.353 e. The monoisotopic (exact) mass is 276 g/mol. The minimum atomic E-state index is 0.0394. The van der Waals surface area contributed by atoms with Crippen molar-refractivity contribution in [1.82, 2.24) is 5.32 Å². The standard InChI is InChI=1S/C17H28N2O/c1-13-7-5-6-8-14(13)9-10-16(20)19-15(11-12-18)17(2,3)4/h5-8,15H,9-12,18H2,1-4H3,(H,19,20). The molecule has 0 heterocycles. The van der Waals surface area contributed by atoms with Crippen LogP contribution in [-0.4, -0.2) is 18.5 Å². The van der Waals surface area contributed by atoms with Crippen LogP contribution in [0.25, 0.3) is 0 Å². The topological polar surface area (TPSA) is 55.1 Å². The number of nitrogens with one attached hydrogen (secondary N) is 1. The Balaban J connectivity index is 2.52. The Labute approximate surface area is 122 Å². The number of amides is 1. The second-order valence-corrected chi connectivity index (χ2v) is 6.49. The Bertz CT molecular complexity index is 435. The van der Waals surface area contributed by atoms with Gasteiger partial charge in [-0.05, 0) is 42.9 Å². The third-order valence-corrected chi connectivity index (χ3v) is 3.72. The summed E-state index contributed by atoms with van der Waals surface area (Å²) >= 11 is 0. The van der Waals surface area contributed by atoms with Crippen LogP contribution in [0.1, 0.15) is 44.7 Å². The van der Waals surface area contributed by atoms with E-state index in [1.54, 1.807) is 0 Å². The lowest BCUT2D eigenvalue weighted by molar-refractivity contribution is -0.122. The molecule has 0 aliphatic rings. The molecule has 0 saturated carbocycles. The normalized spacial score (nSPS) is 13.1. The summed E-state index contributed by atoms with van der Waals surface area (Å²) in [7, 11) is 0. The summed E-state index contributed by atoms with van der Waals surface area (Å²) in [5, 5.41) is 3.13. The van der Waals surface area contributed by atoms with Crippen LogP contribution in [0.5, 0.6) is 0 Å². The highest BCUT2D eigenvalue weighted by molar-refractivity contribution is 5.76. The van der Waals surface area contributed by atoms with Crippen LogP contribution >= 0.6 is 0 Å². The zero-order chi connectivity index (χ0) is 15.2. The van der Waals surface area contributed by atoms with Crippen LogP contribution < -0.4 is 11.1 Å². The smallest absolute Gasteiger partial charge is 0.220 e. The molecule has 3 nitrogen and oxygen atoms in total. The van der Waals surface area contributed by atoms with E-state index in [0.717, 1.165) is 12.8 Å². The van der Waals surface area contributed by atoms with Crippen LogP contribution in [0.15, 0.2) is 24.3 Å². The van der Waals surface area contributed by atoms with E-state index in [9.17, 15) is 4.79 Å². The molecule has 3 N–H and O–H groups in total. The number of rotatable bonds is 6. The SMILES string of the molecule is Cc1ccccc1CCC(=O)NC(CCN)C(C)(C)C. The average Bonchev–Trinajstić information content (AvgIpc) is 2.36. The van der Waals surface area contributed by atoms with E-state index in [-0.39, 0.29) is 17.4 Å². The van der Waals surface area contributed by atoms with Crippen molar-refractivity contribution in [3.05, 3.63) is 35.4 Å². The van der Waals surface area contributed by atoms with E-state index in [1.165, 1.54) is 11.1 Å². The molecule has 20 heavy (non-hydrogen) atoms. The fourth-order valence-corrected chi connectivity index (χ4v) is 2.29. The molecule has 0 fully saturated rings. The summed E-state index contributed by atoms with van der Waals surface area (Å²) in [5.41, 5.74) is 8.16. The molecule has 0 aliphatic carbocycles. The van der Waals surface area contributed by atoms with E-state index in [1.807, 2.05) is 12.1 Å². The summed E-state index contributed by atoms with van der Waals surface area (Å²) in [6.07, 6.45) is 2.14. The second-order valence-electron chi connectivity index (χ2n) is 6.49. The third kappa shape index (κ3) is 5.33. The van der Waals surface area contributed by atoms with Gasteiger partial charge in [-0.15, -0.1) is 0 Å². The number of hydrogen-bond donors (Lipinski definition) is 2. The molecule has 0 radical (unpaired) electrons. The van der Waals surface area contributed by atoms with Crippen molar-refractivity contribution < 1.29 is 4.79 Å². The first-order chi connectivity index (χ1) is 9.34. The summed E-state index contributed by atoms with van der Waals surface area (Å²) < 4.78 is 0. The predicted molar refractivity (Wildman–Crippen MR) is 84.6 cm³/mol. The zero-order valence-corrected chi connectivity index (χ0v) is 13.2. The zero-order valence-electron chi connectivity index (χ0n) is 13.2. The van der Waals surface area contributed by atoms with Crippen molar-refractivity contribution in [3.8, 4) is 0 Å². The maximum Gasteiger partial charge on any atom is 0.220 e. The molecule has 1 aromatic rings. The molecular weight excluding hydrogens is 248 g/mol. The van der Waals surface area contributed by atoms with Crippen molar-refractivity contribution in [2.24, 2.45) is 11.1 Å². The van der Waals surface area contributed by atoms with Crippen molar-refractivity contribution in [2.75, 3.05) is 6.54 Å². The summed E-state index contributed by atoms with van der Waals surface area (Å²) in [6.45, 7) is 9.08. The molecule has 1 unspecified atom stereocenters. The van der Waals surface area contributed by atoms with E-state index >= 15 is 0 Å². The van der Waals surface area contributed by atoms with Crippen molar-refractivity contribution in [3.63, 3.8) is 0 Å². The number of carbonyl (C=O) groups excluding carboxylic acids is 1. The Morgan fingerprint density at radius 3 is 2.50 bits per heavy atom. The van der Waals surface area contributed by atoms with E-state index in [4.69, 9.17) is 5.73 Å². The van der Waals surface area contributed by atoms with E-state index in [0.29, 0.717) is 13.0 Å². The van der Waals surface area contributed by atoms with Gasteiger partial charge in [0.15, 0.2) is 0 Å². The van der Waals surface area contributed by atoms with Gasteiger partial charge in [-0.2, -0.15) is 0 Å². The van der Waals surface area contributed by atoms with Gasteiger partial charge in [-0.25, -0.2) is 0 Å². The van der Waals surface area contributed by atoms with Gasteiger partial charge in [0.2, 0.25) is 5.91 Å². The van der Waals surface area contributed by atoms with Crippen LogP contribution in [0, 0.1) is 12.3 Å². The van der Waals surface area contributed by atoms with Gasteiger partial charge >= 0.3 is 0 Å². The first kappa shape index (κ1) is 16.7. The minimum absolute atomic E-state index is 0.0394. The van der Waals surface area contributed by atoms with Gasteiger partial charge in [0.05, 0.1) is 0 Å². The maximum atomic E-state index is 12.1. The molecule has 1 aromatic carbocycles. The first-order valence-corrected chi connectivity index (χ1v) is 7.38. The highest BCUT2D eigenvalue weighted by Crippen LogP contribution is 2.21. The lowest BCUT2D eigenvalue weighted by atomic mass is 9.84.